The Morgan fingerprint density at radius 1 is 1.46 bits per heavy atom. The van der Waals surface area contributed by atoms with Crippen LogP contribution in [0.25, 0.3) is 0 Å². The number of rotatable bonds is 7. The molecule has 1 aliphatic rings. The molecule has 1 fully saturated rings. The molecule has 0 aliphatic carbocycles. The lowest BCUT2D eigenvalue weighted by Crippen LogP contribution is -2.36. The lowest BCUT2D eigenvalue weighted by atomic mass is 9.84. The first-order chi connectivity index (χ1) is 11.6. The Labute approximate surface area is 147 Å². The van der Waals surface area contributed by atoms with Crippen molar-refractivity contribution in [2.24, 2.45) is 0 Å². The van der Waals surface area contributed by atoms with Crippen LogP contribution in [0.2, 0.25) is 0 Å². The highest BCUT2D eigenvalue weighted by atomic mass is 16.5. The minimum absolute atomic E-state index is 0.119. The summed E-state index contributed by atoms with van der Waals surface area (Å²) in [5.41, 5.74) is 5.17. The number of ether oxygens (including phenoxy) is 1. The van der Waals surface area contributed by atoms with Gasteiger partial charge in [0, 0.05) is 26.1 Å². The SMILES string of the molecule is C/C=C(/CC)C(C)c1ccc(C2CCCN(COC)C2)c(CO)c1. The molecule has 2 unspecified atom stereocenters. The first-order valence-electron chi connectivity index (χ1n) is 9.24. The van der Waals surface area contributed by atoms with E-state index in [9.17, 15) is 5.11 Å². The van der Waals surface area contributed by atoms with Gasteiger partial charge in [0.05, 0.1) is 13.3 Å². The molecule has 134 valence electrons. The van der Waals surface area contributed by atoms with Gasteiger partial charge in [0.2, 0.25) is 0 Å². The number of allylic oxidation sites excluding steroid dienone is 2. The normalized spacial score (nSPS) is 21.0. The molecule has 1 saturated heterocycles. The van der Waals surface area contributed by atoms with Crippen molar-refractivity contribution in [3.63, 3.8) is 0 Å². The molecule has 3 heteroatoms. The van der Waals surface area contributed by atoms with E-state index >= 15 is 0 Å². The maximum Gasteiger partial charge on any atom is 0.0986 e. The maximum atomic E-state index is 9.92. The van der Waals surface area contributed by atoms with Gasteiger partial charge in [-0.3, -0.25) is 4.90 Å². The Bertz CT molecular complexity index is 551. The Hall–Kier alpha value is -1.16. The first-order valence-corrected chi connectivity index (χ1v) is 9.24. The number of hydrogen-bond acceptors (Lipinski definition) is 3. The number of nitrogens with zero attached hydrogens (tertiary/aromatic N) is 1. The predicted molar refractivity (Wildman–Crippen MR) is 100 cm³/mol. The third kappa shape index (κ3) is 4.47. The zero-order chi connectivity index (χ0) is 17.5. The van der Waals surface area contributed by atoms with Crippen molar-refractivity contribution >= 4 is 0 Å². The summed E-state index contributed by atoms with van der Waals surface area (Å²) in [6.07, 6.45) is 5.68. The number of hydrogen-bond donors (Lipinski definition) is 1. The van der Waals surface area contributed by atoms with Gasteiger partial charge in [0.15, 0.2) is 0 Å². The van der Waals surface area contributed by atoms with Crippen molar-refractivity contribution in [3.8, 4) is 0 Å². The summed E-state index contributed by atoms with van der Waals surface area (Å²) >= 11 is 0. The molecule has 3 nitrogen and oxygen atoms in total. The molecule has 2 atom stereocenters. The van der Waals surface area contributed by atoms with Crippen molar-refractivity contribution in [2.75, 3.05) is 26.9 Å². The van der Waals surface area contributed by atoms with E-state index in [1.54, 1.807) is 7.11 Å². The minimum Gasteiger partial charge on any atom is -0.392 e. The fourth-order valence-corrected chi connectivity index (χ4v) is 4.01. The molecule has 0 radical (unpaired) electrons. The smallest absolute Gasteiger partial charge is 0.0986 e. The molecule has 0 amide bonds. The van der Waals surface area contributed by atoms with Crippen molar-refractivity contribution in [1.82, 2.24) is 4.90 Å². The molecule has 1 aromatic carbocycles. The zero-order valence-electron chi connectivity index (χ0n) is 15.7. The highest BCUT2D eigenvalue weighted by molar-refractivity contribution is 5.38. The molecule has 0 spiro atoms. The fourth-order valence-electron chi connectivity index (χ4n) is 4.01. The number of methoxy groups -OCH3 is 1. The van der Waals surface area contributed by atoms with Crippen LogP contribution in [0.1, 0.15) is 68.6 Å². The van der Waals surface area contributed by atoms with Gasteiger partial charge >= 0.3 is 0 Å². The third-order valence-corrected chi connectivity index (χ3v) is 5.43. The summed E-state index contributed by atoms with van der Waals surface area (Å²) in [4.78, 5) is 2.36. The monoisotopic (exact) mass is 331 g/mol. The summed E-state index contributed by atoms with van der Waals surface area (Å²) in [5, 5.41) is 9.92. The van der Waals surface area contributed by atoms with Gasteiger partial charge in [0.1, 0.15) is 0 Å². The van der Waals surface area contributed by atoms with E-state index in [2.05, 4.69) is 49.9 Å². The van der Waals surface area contributed by atoms with Crippen molar-refractivity contribution < 1.29 is 9.84 Å². The number of aliphatic hydroxyl groups excluding tert-OH is 1. The summed E-state index contributed by atoms with van der Waals surface area (Å²) in [5.74, 6) is 0.906. The molecule has 2 rings (SSSR count). The molecule has 1 heterocycles. The molecular weight excluding hydrogens is 298 g/mol. The van der Waals surface area contributed by atoms with E-state index in [1.165, 1.54) is 29.5 Å². The summed E-state index contributed by atoms with van der Waals surface area (Å²) < 4.78 is 5.29. The third-order valence-electron chi connectivity index (χ3n) is 5.43. The van der Waals surface area contributed by atoms with Crippen LogP contribution in [0, 0.1) is 0 Å². The first kappa shape index (κ1) is 19.2. The van der Waals surface area contributed by atoms with E-state index < -0.39 is 0 Å². The van der Waals surface area contributed by atoms with Crippen molar-refractivity contribution in [1.29, 1.82) is 0 Å². The van der Waals surface area contributed by atoms with E-state index in [-0.39, 0.29) is 6.61 Å². The highest BCUT2D eigenvalue weighted by Gasteiger charge is 2.23. The molecule has 1 aromatic rings. The van der Waals surface area contributed by atoms with E-state index in [4.69, 9.17) is 4.74 Å². The van der Waals surface area contributed by atoms with Gasteiger partial charge < -0.3 is 9.84 Å². The standard InChI is InChI=1S/C21H33NO2/c1-5-17(6-2)16(3)18-9-10-21(20(12-18)14-23)19-8-7-11-22(13-19)15-24-4/h5,9-10,12,16,19,23H,6-8,11,13-15H2,1-4H3/b17-5-. The largest absolute Gasteiger partial charge is 0.392 e. The molecule has 0 aromatic heterocycles. The van der Waals surface area contributed by atoms with Crippen molar-refractivity contribution in [2.45, 2.75) is 58.5 Å². The van der Waals surface area contributed by atoms with Crippen LogP contribution < -0.4 is 0 Å². The Morgan fingerprint density at radius 2 is 2.25 bits per heavy atom. The van der Waals surface area contributed by atoms with Crippen LogP contribution >= 0.6 is 0 Å². The lowest BCUT2D eigenvalue weighted by Gasteiger charge is -2.33. The van der Waals surface area contributed by atoms with Gasteiger partial charge in [-0.25, -0.2) is 0 Å². The Morgan fingerprint density at radius 3 is 2.88 bits per heavy atom. The van der Waals surface area contributed by atoms with Crippen molar-refractivity contribution in [3.05, 3.63) is 46.5 Å². The van der Waals surface area contributed by atoms with Crippen LogP contribution in [-0.4, -0.2) is 36.9 Å². The second-order valence-electron chi connectivity index (χ2n) is 6.89. The number of benzene rings is 1. The number of aliphatic hydroxyl groups is 1. The lowest BCUT2D eigenvalue weighted by molar-refractivity contribution is 0.0445. The second kappa shape index (κ2) is 9.36. The van der Waals surface area contributed by atoms with Crippen LogP contribution in [0.15, 0.2) is 29.8 Å². The topological polar surface area (TPSA) is 32.7 Å². The maximum absolute atomic E-state index is 9.92. The molecule has 1 N–H and O–H groups in total. The van der Waals surface area contributed by atoms with Gasteiger partial charge in [-0.05, 0) is 48.8 Å². The zero-order valence-corrected chi connectivity index (χ0v) is 15.7. The molecule has 1 aliphatic heterocycles. The highest BCUT2D eigenvalue weighted by Crippen LogP contribution is 2.33. The Balaban J connectivity index is 2.23. The van der Waals surface area contributed by atoms with Gasteiger partial charge in [-0.2, -0.15) is 0 Å². The average molecular weight is 332 g/mol. The van der Waals surface area contributed by atoms with Crippen LogP contribution in [0.5, 0.6) is 0 Å². The summed E-state index contributed by atoms with van der Waals surface area (Å²) in [6, 6.07) is 6.73. The van der Waals surface area contributed by atoms with Crippen LogP contribution in [0.3, 0.4) is 0 Å². The van der Waals surface area contributed by atoms with E-state index in [1.807, 2.05) is 0 Å². The van der Waals surface area contributed by atoms with Gasteiger partial charge in [-0.1, -0.05) is 43.7 Å². The minimum atomic E-state index is 0.119. The summed E-state index contributed by atoms with van der Waals surface area (Å²) in [6.45, 7) is 9.52. The summed E-state index contributed by atoms with van der Waals surface area (Å²) in [7, 11) is 1.76. The molecule has 24 heavy (non-hydrogen) atoms. The second-order valence-corrected chi connectivity index (χ2v) is 6.89. The average Bonchev–Trinajstić information content (AvgIpc) is 2.62. The molecule has 0 saturated carbocycles. The Kier molecular flexibility index (Phi) is 7.47. The van der Waals surface area contributed by atoms with Crippen LogP contribution in [0.4, 0.5) is 0 Å². The number of piperidine rings is 1. The number of likely N-dealkylation sites (tertiary alicyclic amines) is 1. The van der Waals surface area contributed by atoms with E-state index in [0.29, 0.717) is 18.6 Å². The van der Waals surface area contributed by atoms with E-state index in [0.717, 1.165) is 25.1 Å². The molecule has 0 bridgehead atoms. The van der Waals surface area contributed by atoms with Gasteiger partial charge in [0.25, 0.3) is 0 Å². The quantitative estimate of drug-likeness (QED) is 0.751. The van der Waals surface area contributed by atoms with Gasteiger partial charge in [-0.15, -0.1) is 0 Å². The molecular formula is C21H33NO2. The fraction of sp³-hybridized carbons (Fsp3) is 0.619. The predicted octanol–water partition coefficient (Wildman–Crippen LogP) is 4.42. The van der Waals surface area contributed by atoms with Crippen LogP contribution in [-0.2, 0) is 11.3 Å².